The van der Waals surface area contributed by atoms with Crippen molar-refractivity contribution in [1.82, 2.24) is 10.4 Å². The van der Waals surface area contributed by atoms with Gasteiger partial charge in [0.2, 0.25) is 5.91 Å². The van der Waals surface area contributed by atoms with Crippen LogP contribution in [0.5, 0.6) is 0 Å². The maximum absolute atomic E-state index is 12.1. The van der Waals surface area contributed by atoms with Crippen molar-refractivity contribution in [2.45, 2.75) is 25.7 Å². The summed E-state index contributed by atoms with van der Waals surface area (Å²) in [7, 11) is 0. The van der Waals surface area contributed by atoms with Gasteiger partial charge in [0.05, 0.1) is 13.2 Å². The molecular formula is C12H20N2O2. The first kappa shape index (κ1) is 10.5. The van der Waals surface area contributed by atoms with Crippen LogP contribution in [0.4, 0.5) is 0 Å². The zero-order chi connectivity index (χ0) is 11.0. The summed E-state index contributed by atoms with van der Waals surface area (Å²) in [6, 6.07) is 0. The van der Waals surface area contributed by atoms with Crippen molar-refractivity contribution in [1.29, 1.82) is 0 Å². The Morgan fingerprint density at radius 2 is 2.00 bits per heavy atom. The van der Waals surface area contributed by atoms with Crippen LogP contribution in [-0.4, -0.2) is 37.2 Å². The summed E-state index contributed by atoms with van der Waals surface area (Å²) in [5, 5.41) is 2.01. The third kappa shape index (κ3) is 1.96. The number of morpholine rings is 1. The SMILES string of the molecule is O=C(NN1CCOCC1)[C@H]1C[C@H]2CC[C@@H]1C2. The van der Waals surface area contributed by atoms with Crippen LogP contribution in [0.3, 0.4) is 0 Å². The topological polar surface area (TPSA) is 41.6 Å². The van der Waals surface area contributed by atoms with E-state index in [9.17, 15) is 4.79 Å². The van der Waals surface area contributed by atoms with Gasteiger partial charge in [-0.1, -0.05) is 6.42 Å². The number of hydrogen-bond donors (Lipinski definition) is 1. The van der Waals surface area contributed by atoms with Crippen LogP contribution in [-0.2, 0) is 9.53 Å². The van der Waals surface area contributed by atoms with Crippen LogP contribution in [0.1, 0.15) is 25.7 Å². The van der Waals surface area contributed by atoms with Crippen LogP contribution in [0.15, 0.2) is 0 Å². The Balaban J connectivity index is 1.53. The molecule has 0 spiro atoms. The normalized spacial score (nSPS) is 38.9. The number of nitrogens with one attached hydrogen (secondary N) is 1. The van der Waals surface area contributed by atoms with E-state index >= 15 is 0 Å². The van der Waals surface area contributed by atoms with Gasteiger partial charge in [-0.15, -0.1) is 0 Å². The highest BCUT2D eigenvalue weighted by Crippen LogP contribution is 2.48. The largest absolute Gasteiger partial charge is 0.379 e. The molecule has 0 radical (unpaired) electrons. The summed E-state index contributed by atoms with van der Waals surface area (Å²) in [6.45, 7) is 3.12. The molecule has 1 aliphatic heterocycles. The number of carbonyl (C=O) groups is 1. The third-order valence-corrected chi connectivity index (χ3v) is 4.35. The van der Waals surface area contributed by atoms with E-state index in [2.05, 4.69) is 5.43 Å². The maximum Gasteiger partial charge on any atom is 0.237 e. The fourth-order valence-corrected chi connectivity index (χ4v) is 3.48. The van der Waals surface area contributed by atoms with Gasteiger partial charge in [0.1, 0.15) is 0 Å². The summed E-state index contributed by atoms with van der Waals surface area (Å²) in [6.07, 6.45) is 5.04. The molecule has 4 nitrogen and oxygen atoms in total. The van der Waals surface area contributed by atoms with Gasteiger partial charge in [-0.05, 0) is 31.1 Å². The average molecular weight is 224 g/mol. The molecule has 1 saturated heterocycles. The second-order valence-corrected chi connectivity index (χ2v) is 5.36. The molecule has 3 atom stereocenters. The highest BCUT2D eigenvalue weighted by Gasteiger charge is 2.43. The molecule has 2 saturated carbocycles. The van der Waals surface area contributed by atoms with Crippen molar-refractivity contribution in [2.24, 2.45) is 17.8 Å². The van der Waals surface area contributed by atoms with Crippen molar-refractivity contribution in [2.75, 3.05) is 26.3 Å². The van der Waals surface area contributed by atoms with Crippen molar-refractivity contribution in [3.05, 3.63) is 0 Å². The minimum atomic E-state index is 0.258. The smallest absolute Gasteiger partial charge is 0.237 e. The Hall–Kier alpha value is -0.610. The average Bonchev–Trinajstić information content (AvgIpc) is 2.92. The summed E-state index contributed by atoms with van der Waals surface area (Å²) >= 11 is 0. The Morgan fingerprint density at radius 1 is 1.19 bits per heavy atom. The summed E-state index contributed by atoms with van der Waals surface area (Å²) in [5.41, 5.74) is 3.06. The van der Waals surface area contributed by atoms with Crippen LogP contribution in [0, 0.1) is 17.8 Å². The van der Waals surface area contributed by atoms with Crippen LogP contribution < -0.4 is 5.43 Å². The first-order valence-electron chi connectivity index (χ1n) is 6.46. The lowest BCUT2D eigenvalue weighted by atomic mass is 9.88. The van der Waals surface area contributed by atoms with E-state index in [1.807, 2.05) is 5.01 Å². The van der Waals surface area contributed by atoms with Crippen molar-refractivity contribution < 1.29 is 9.53 Å². The first-order valence-corrected chi connectivity index (χ1v) is 6.46. The molecule has 0 unspecified atom stereocenters. The van der Waals surface area contributed by atoms with Crippen molar-refractivity contribution in [3.63, 3.8) is 0 Å². The standard InChI is InChI=1S/C12H20N2O2/c15-12(13-14-3-5-16-6-4-14)11-8-9-1-2-10(11)7-9/h9-11H,1-8H2,(H,13,15)/t9-,10+,11-/m0/s1. The van der Waals surface area contributed by atoms with E-state index in [-0.39, 0.29) is 5.91 Å². The van der Waals surface area contributed by atoms with Gasteiger partial charge in [-0.3, -0.25) is 10.2 Å². The van der Waals surface area contributed by atoms with E-state index in [1.165, 1.54) is 19.3 Å². The van der Waals surface area contributed by atoms with E-state index in [4.69, 9.17) is 4.74 Å². The second-order valence-electron chi connectivity index (χ2n) is 5.36. The number of ether oxygens (including phenoxy) is 1. The minimum Gasteiger partial charge on any atom is -0.379 e. The lowest BCUT2D eigenvalue weighted by molar-refractivity contribution is -0.133. The van der Waals surface area contributed by atoms with Gasteiger partial charge in [0.25, 0.3) is 0 Å². The number of rotatable bonds is 2. The quantitative estimate of drug-likeness (QED) is 0.754. The molecule has 0 aromatic heterocycles. The molecule has 3 rings (SSSR count). The molecule has 0 aromatic rings. The summed E-state index contributed by atoms with van der Waals surface area (Å²) in [4.78, 5) is 12.1. The number of nitrogens with zero attached hydrogens (tertiary/aromatic N) is 1. The van der Waals surface area contributed by atoms with Crippen LogP contribution >= 0.6 is 0 Å². The zero-order valence-electron chi connectivity index (χ0n) is 9.65. The second kappa shape index (κ2) is 4.34. The number of carbonyl (C=O) groups excluding carboxylic acids is 1. The molecule has 2 bridgehead atoms. The van der Waals surface area contributed by atoms with E-state index in [0.717, 1.165) is 38.6 Å². The van der Waals surface area contributed by atoms with Crippen molar-refractivity contribution >= 4 is 5.91 Å². The lowest BCUT2D eigenvalue weighted by Gasteiger charge is -2.30. The van der Waals surface area contributed by atoms with Gasteiger partial charge in [0, 0.05) is 19.0 Å². The first-order chi connectivity index (χ1) is 7.83. The van der Waals surface area contributed by atoms with Crippen molar-refractivity contribution in [3.8, 4) is 0 Å². The molecule has 2 aliphatic carbocycles. The molecule has 1 amide bonds. The molecule has 1 N–H and O–H groups in total. The predicted octanol–water partition coefficient (Wildman–Crippen LogP) is 0.786. The highest BCUT2D eigenvalue weighted by molar-refractivity contribution is 5.79. The Labute approximate surface area is 96.3 Å². The van der Waals surface area contributed by atoms with Gasteiger partial charge < -0.3 is 4.74 Å². The number of fused-ring (bicyclic) bond motifs is 2. The fourth-order valence-electron chi connectivity index (χ4n) is 3.48. The lowest BCUT2D eigenvalue weighted by Crippen LogP contribution is -2.50. The highest BCUT2D eigenvalue weighted by atomic mass is 16.5. The van der Waals surface area contributed by atoms with Crippen LogP contribution in [0.25, 0.3) is 0 Å². The Kier molecular flexibility index (Phi) is 2.86. The maximum atomic E-state index is 12.1. The van der Waals surface area contributed by atoms with E-state index in [1.54, 1.807) is 0 Å². The van der Waals surface area contributed by atoms with Gasteiger partial charge in [-0.2, -0.15) is 0 Å². The zero-order valence-corrected chi connectivity index (χ0v) is 9.65. The molecule has 16 heavy (non-hydrogen) atoms. The summed E-state index contributed by atoms with van der Waals surface area (Å²) in [5.74, 6) is 2.06. The number of hydrazine groups is 1. The predicted molar refractivity (Wildman–Crippen MR) is 59.5 cm³/mol. The van der Waals surface area contributed by atoms with E-state index in [0.29, 0.717) is 11.8 Å². The monoisotopic (exact) mass is 224 g/mol. The third-order valence-electron chi connectivity index (χ3n) is 4.35. The molecule has 4 heteroatoms. The molecule has 3 fully saturated rings. The molecule has 1 heterocycles. The number of hydrogen-bond acceptors (Lipinski definition) is 3. The van der Waals surface area contributed by atoms with Gasteiger partial charge in [0.15, 0.2) is 0 Å². The summed E-state index contributed by atoms with van der Waals surface area (Å²) < 4.78 is 5.26. The Morgan fingerprint density at radius 3 is 2.62 bits per heavy atom. The molecule has 90 valence electrons. The Bertz CT molecular complexity index is 276. The van der Waals surface area contributed by atoms with Crippen LogP contribution in [0.2, 0.25) is 0 Å². The number of amides is 1. The van der Waals surface area contributed by atoms with Gasteiger partial charge in [-0.25, -0.2) is 5.01 Å². The van der Waals surface area contributed by atoms with Gasteiger partial charge >= 0.3 is 0 Å². The molecule has 3 aliphatic rings. The van der Waals surface area contributed by atoms with E-state index < -0.39 is 0 Å². The molecule has 0 aromatic carbocycles. The fraction of sp³-hybridized carbons (Fsp3) is 0.917. The minimum absolute atomic E-state index is 0.258. The molecular weight excluding hydrogens is 204 g/mol.